The minimum atomic E-state index is 0.987. The van der Waals surface area contributed by atoms with Gasteiger partial charge in [0.05, 0.1) is 0 Å². The monoisotopic (exact) mass is 404 g/mol. The molecule has 0 N–H and O–H groups in total. The highest BCUT2D eigenvalue weighted by Gasteiger charge is 2.30. The lowest BCUT2D eigenvalue weighted by molar-refractivity contribution is 0.140. The summed E-state index contributed by atoms with van der Waals surface area (Å²) in [6.45, 7) is 2.33. The van der Waals surface area contributed by atoms with Gasteiger partial charge in [-0.3, -0.25) is 0 Å². The van der Waals surface area contributed by atoms with Crippen LogP contribution in [0.5, 0.6) is 0 Å². The van der Waals surface area contributed by atoms with E-state index in [-0.39, 0.29) is 0 Å². The van der Waals surface area contributed by atoms with Crippen molar-refractivity contribution >= 4 is 15.9 Å². The van der Waals surface area contributed by atoms with E-state index in [0.717, 1.165) is 23.7 Å². The molecule has 0 heterocycles. The normalized spacial score (nSPS) is 30.3. The van der Waals surface area contributed by atoms with E-state index >= 15 is 0 Å². The Balaban J connectivity index is 1.34. The zero-order valence-corrected chi connectivity index (χ0v) is 17.8. The third-order valence-electron chi connectivity index (χ3n) is 7.17. The molecule has 0 unspecified atom stereocenters. The Morgan fingerprint density at radius 3 is 1.80 bits per heavy atom. The van der Waals surface area contributed by atoms with E-state index in [1.54, 1.807) is 12.8 Å². The lowest BCUT2D eigenvalue weighted by Crippen LogP contribution is -2.26. The summed E-state index contributed by atoms with van der Waals surface area (Å²) in [5.74, 6) is 4.19. The van der Waals surface area contributed by atoms with E-state index in [4.69, 9.17) is 0 Å². The smallest absolute Gasteiger partial charge is 0.0175 e. The van der Waals surface area contributed by atoms with Crippen LogP contribution in [-0.2, 0) is 6.42 Å². The number of hydrogen-bond acceptors (Lipinski definition) is 0. The predicted octanol–water partition coefficient (Wildman–Crippen LogP) is 8.18. The largest absolute Gasteiger partial charge is 0.0654 e. The molecule has 2 aliphatic rings. The maximum atomic E-state index is 3.53. The van der Waals surface area contributed by atoms with Crippen LogP contribution in [0.4, 0.5) is 0 Å². The third kappa shape index (κ3) is 6.12. The molecule has 1 aromatic rings. The van der Waals surface area contributed by atoms with Gasteiger partial charge in [0.1, 0.15) is 0 Å². The van der Waals surface area contributed by atoms with Gasteiger partial charge in [-0.2, -0.15) is 0 Å². The molecule has 1 aromatic carbocycles. The van der Waals surface area contributed by atoms with Crippen LogP contribution in [0.2, 0.25) is 0 Å². The Hall–Kier alpha value is -0.300. The summed E-state index contributed by atoms with van der Waals surface area (Å²) in [4.78, 5) is 0. The molecule has 2 saturated carbocycles. The van der Waals surface area contributed by atoms with Crippen molar-refractivity contribution in [3.8, 4) is 0 Å². The van der Waals surface area contributed by atoms with Crippen LogP contribution in [-0.4, -0.2) is 0 Å². The van der Waals surface area contributed by atoms with Gasteiger partial charge in [-0.15, -0.1) is 0 Å². The first kappa shape index (κ1) is 19.5. The van der Waals surface area contributed by atoms with Gasteiger partial charge in [0.25, 0.3) is 0 Å². The predicted molar refractivity (Wildman–Crippen MR) is 113 cm³/mol. The number of benzene rings is 1. The number of hydrogen-bond donors (Lipinski definition) is 0. The number of halogens is 1. The highest BCUT2D eigenvalue weighted by molar-refractivity contribution is 9.10. The lowest BCUT2D eigenvalue weighted by atomic mass is 9.68. The van der Waals surface area contributed by atoms with Gasteiger partial charge in [-0.05, 0) is 79.9 Å². The van der Waals surface area contributed by atoms with Crippen molar-refractivity contribution in [3.05, 3.63) is 34.3 Å². The molecule has 2 fully saturated rings. The van der Waals surface area contributed by atoms with Crippen LogP contribution in [0.25, 0.3) is 0 Å². The maximum Gasteiger partial charge on any atom is 0.0175 e. The van der Waals surface area contributed by atoms with Gasteiger partial charge in [-0.25, -0.2) is 0 Å². The maximum absolute atomic E-state index is 3.53. The molecule has 2 aliphatic carbocycles. The fourth-order valence-electron chi connectivity index (χ4n) is 5.41. The van der Waals surface area contributed by atoms with Crippen molar-refractivity contribution in [2.45, 2.75) is 90.4 Å². The van der Waals surface area contributed by atoms with Gasteiger partial charge in [0, 0.05) is 4.47 Å². The van der Waals surface area contributed by atoms with Crippen LogP contribution < -0.4 is 0 Å². The third-order valence-corrected chi connectivity index (χ3v) is 7.70. The summed E-state index contributed by atoms with van der Waals surface area (Å²) in [6, 6.07) is 8.94. The Morgan fingerprint density at radius 1 is 0.760 bits per heavy atom. The Labute approximate surface area is 164 Å². The first-order valence-electron chi connectivity index (χ1n) is 11.0. The van der Waals surface area contributed by atoms with Gasteiger partial charge >= 0.3 is 0 Å². The second-order valence-corrected chi connectivity index (χ2v) is 9.78. The second-order valence-electron chi connectivity index (χ2n) is 8.87. The van der Waals surface area contributed by atoms with E-state index in [0.29, 0.717) is 0 Å². The summed E-state index contributed by atoms with van der Waals surface area (Å²) in [5.41, 5.74) is 1.51. The van der Waals surface area contributed by atoms with Gasteiger partial charge in [0.2, 0.25) is 0 Å². The van der Waals surface area contributed by atoms with Crippen LogP contribution in [0.15, 0.2) is 28.7 Å². The van der Waals surface area contributed by atoms with Crippen molar-refractivity contribution in [1.82, 2.24) is 0 Å². The van der Waals surface area contributed by atoms with E-state index < -0.39 is 0 Å². The molecule has 25 heavy (non-hydrogen) atoms. The molecule has 0 aromatic heterocycles. The SMILES string of the molecule is CCCC[C@H]1CC[C@H]([C@H]2CC[C@H](CCc3ccc(Br)cc3)CC2)CC1. The average Bonchev–Trinajstić information content (AvgIpc) is 2.67. The summed E-state index contributed by atoms with van der Waals surface area (Å²) >= 11 is 3.53. The molecule has 1 heteroatoms. The molecule has 140 valence electrons. The van der Waals surface area contributed by atoms with E-state index in [1.165, 1.54) is 80.7 Å². The van der Waals surface area contributed by atoms with Crippen LogP contribution in [0, 0.1) is 23.7 Å². The fraction of sp³-hybridized carbons (Fsp3) is 0.750. The van der Waals surface area contributed by atoms with Gasteiger partial charge < -0.3 is 0 Å². The Kier molecular flexibility index (Phi) is 7.90. The van der Waals surface area contributed by atoms with Crippen LogP contribution >= 0.6 is 15.9 Å². The van der Waals surface area contributed by atoms with E-state index in [1.807, 2.05) is 0 Å². The minimum Gasteiger partial charge on any atom is -0.0654 e. The van der Waals surface area contributed by atoms with Crippen molar-refractivity contribution in [3.63, 3.8) is 0 Å². The highest BCUT2D eigenvalue weighted by atomic mass is 79.9. The number of unbranched alkanes of at least 4 members (excludes halogenated alkanes) is 1. The molecule has 0 bridgehead atoms. The number of aryl methyl sites for hydroxylation is 1. The summed E-state index contributed by atoms with van der Waals surface area (Å²) in [6.07, 6.45) is 19.2. The minimum absolute atomic E-state index is 0.987. The first-order chi connectivity index (χ1) is 12.2. The highest BCUT2D eigenvalue weighted by Crippen LogP contribution is 2.43. The topological polar surface area (TPSA) is 0 Å². The fourth-order valence-corrected chi connectivity index (χ4v) is 5.68. The van der Waals surface area contributed by atoms with Crippen LogP contribution in [0.1, 0.15) is 89.5 Å². The summed E-state index contributed by atoms with van der Waals surface area (Å²) in [7, 11) is 0. The Bertz CT molecular complexity index is 475. The zero-order chi connectivity index (χ0) is 17.5. The van der Waals surface area contributed by atoms with Crippen LogP contribution in [0.3, 0.4) is 0 Å². The number of rotatable bonds is 7. The molecule has 0 radical (unpaired) electrons. The summed E-state index contributed by atoms with van der Waals surface area (Å²) in [5, 5.41) is 0. The average molecular weight is 405 g/mol. The standard InChI is InChI=1S/C24H37Br/c1-2-3-4-19-7-13-22(14-8-19)23-15-9-20(10-16-23)5-6-21-11-17-24(25)18-12-21/h11-12,17-20,22-23H,2-10,13-16H2,1H3/t19-,20-,22-,23-. The quantitative estimate of drug-likeness (QED) is 0.429. The van der Waals surface area contributed by atoms with Gasteiger partial charge in [-0.1, -0.05) is 79.9 Å². The Morgan fingerprint density at radius 2 is 1.28 bits per heavy atom. The van der Waals surface area contributed by atoms with Crippen molar-refractivity contribution in [2.75, 3.05) is 0 Å². The van der Waals surface area contributed by atoms with E-state index in [9.17, 15) is 0 Å². The molecule has 0 saturated heterocycles. The second kappa shape index (κ2) is 10.1. The van der Waals surface area contributed by atoms with Crippen molar-refractivity contribution in [1.29, 1.82) is 0 Å². The zero-order valence-electron chi connectivity index (χ0n) is 16.2. The van der Waals surface area contributed by atoms with Gasteiger partial charge in [0.15, 0.2) is 0 Å². The lowest BCUT2D eigenvalue weighted by Gasteiger charge is -2.38. The summed E-state index contributed by atoms with van der Waals surface area (Å²) < 4.78 is 1.20. The molecule has 0 nitrogen and oxygen atoms in total. The molecule has 0 aliphatic heterocycles. The molecular formula is C24H37Br. The first-order valence-corrected chi connectivity index (χ1v) is 11.8. The van der Waals surface area contributed by atoms with E-state index in [2.05, 4.69) is 47.1 Å². The molecule has 0 spiro atoms. The van der Waals surface area contributed by atoms with Crippen molar-refractivity contribution < 1.29 is 0 Å². The molecule has 0 atom stereocenters. The van der Waals surface area contributed by atoms with Crippen molar-refractivity contribution in [2.24, 2.45) is 23.7 Å². The molecule has 0 amide bonds. The molecule has 3 rings (SSSR count). The molecular weight excluding hydrogens is 368 g/mol.